The molecule has 2 aromatic rings. The minimum absolute atomic E-state index is 0.0635. The lowest BCUT2D eigenvalue weighted by molar-refractivity contribution is 0.0997. The van der Waals surface area contributed by atoms with Crippen molar-refractivity contribution < 1.29 is 14.3 Å². The van der Waals surface area contributed by atoms with Gasteiger partial charge in [0.1, 0.15) is 5.82 Å². The molecule has 1 heterocycles. The molecule has 1 atom stereocenters. The molecule has 0 aliphatic heterocycles. The monoisotopic (exact) mass is 381 g/mol. The number of primary amides is 1. The maximum Gasteiger partial charge on any atom is 0.253 e. The molecule has 0 bridgehead atoms. The zero-order valence-corrected chi connectivity index (χ0v) is 13.9. The van der Waals surface area contributed by atoms with Gasteiger partial charge in [0.25, 0.3) is 5.91 Å². The summed E-state index contributed by atoms with van der Waals surface area (Å²) in [6.45, 7) is 0.287. The summed E-state index contributed by atoms with van der Waals surface area (Å²) < 4.78 is 14.4. The van der Waals surface area contributed by atoms with E-state index in [9.17, 15) is 14.3 Å². The van der Waals surface area contributed by atoms with Gasteiger partial charge in [0.05, 0.1) is 11.3 Å². The summed E-state index contributed by atoms with van der Waals surface area (Å²) in [5.74, 6) is -1.67. The first-order valence-electron chi connectivity index (χ1n) is 7.04. The second kappa shape index (κ2) is 8.03. The first kappa shape index (κ1) is 17.4. The molecule has 1 amide bonds. The van der Waals surface area contributed by atoms with Crippen molar-refractivity contribution in [2.75, 3.05) is 18.5 Å². The number of aliphatic hydroxyl groups is 1. The molecule has 0 spiro atoms. The topological polar surface area (TPSA) is 88.2 Å². The number of aromatic nitrogens is 1. The van der Waals surface area contributed by atoms with Crippen LogP contribution in [-0.2, 0) is 6.42 Å². The zero-order chi connectivity index (χ0) is 16.8. The number of aliphatic hydroxyl groups excluding tert-OH is 1. The van der Waals surface area contributed by atoms with Crippen molar-refractivity contribution in [3.63, 3.8) is 0 Å². The number of anilines is 1. The van der Waals surface area contributed by atoms with E-state index in [0.717, 1.165) is 5.69 Å². The van der Waals surface area contributed by atoms with E-state index in [2.05, 4.69) is 26.2 Å². The van der Waals surface area contributed by atoms with Crippen LogP contribution in [0.3, 0.4) is 0 Å². The molecular formula is C16H17BrFN3O2. The van der Waals surface area contributed by atoms with Crippen molar-refractivity contribution in [3.8, 4) is 0 Å². The summed E-state index contributed by atoms with van der Waals surface area (Å²) >= 11 is 3.18. The number of halogens is 2. The van der Waals surface area contributed by atoms with E-state index < -0.39 is 11.7 Å². The van der Waals surface area contributed by atoms with Gasteiger partial charge in [-0.25, -0.2) is 4.39 Å². The molecule has 0 fully saturated rings. The Morgan fingerprint density at radius 1 is 1.43 bits per heavy atom. The average molecular weight is 382 g/mol. The number of carbonyl (C=O) groups excluding carboxylic acids is 1. The maximum absolute atomic E-state index is 13.9. The molecule has 2 rings (SSSR count). The Bertz CT molecular complexity index is 683. The summed E-state index contributed by atoms with van der Waals surface area (Å²) in [5, 5.41) is 12.5. The van der Waals surface area contributed by atoms with Crippen LogP contribution < -0.4 is 11.1 Å². The Morgan fingerprint density at radius 3 is 2.83 bits per heavy atom. The number of nitrogens with one attached hydrogen (secondary N) is 1. The molecular weight excluding hydrogens is 365 g/mol. The highest BCUT2D eigenvalue weighted by molar-refractivity contribution is 9.10. The van der Waals surface area contributed by atoms with Crippen LogP contribution in [0.1, 0.15) is 16.1 Å². The second-order valence-electron chi connectivity index (χ2n) is 5.13. The third-order valence-electron chi connectivity index (χ3n) is 3.36. The Balaban J connectivity index is 2.11. The number of benzene rings is 1. The standard InChI is InChI=1S/C16H17BrFN3O2/c17-11-6-13(18)15(16(19)23)14(7-11)21-8-10(9-22)5-12-3-1-2-4-20-12/h1-4,6-7,10,21-22H,5,8-9H2,(H2,19,23). The van der Waals surface area contributed by atoms with Gasteiger partial charge in [-0.2, -0.15) is 0 Å². The fraction of sp³-hybridized carbons (Fsp3) is 0.250. The van der Waals surface area contributed by atoms with Crippen molar-refractivity contribution in [2.45, 2.75) is 6.42 Å². The van der Waals surface area contributed by atoms with Gasteiger partial charge in [-0.1, -0.05) is 22.0 Å². The normalized spacial score (nSPS) is 12.0. The van der Waals surface area contributed by atoms with Crippen molar-refractivity contribution in [3.05, 3.63) is 58.1 Å². The molecule has 1 aromatic carbocycles. The molecule has 4 N–H and O–H groups in total. The van der Waals surface area contributed by atoms with Gasteiger partial charge in [-0.15, -0.1) is 0 Å². The van der Waals surface area contributed by atoms with Gasteiger partial charge >= 0.3 is 0 Å². The maximum atomic E-state index is 13.9. The average Bonchev–Trinajstić information content (AvgIpc) is 2.51. The van der Waals surface area contributed by atoms with Crippen molar-refractivity contribution in [1.29, 1.82) is 0 Å². The molecule has 0 radical (unpaired) electrons. The highest BCUT2D eigenvalue weighted by Gasteiger charge is 2.17. The van der Waals surface area contributed by atoms with Crippen LogP contribution in [0, 0.1) is 11.7 Å². The molecule has 5 nitrogen and oxygen atoms in total. The number of nitrogens with two attached hydrogens (primary N) is 1. The van der Waals surface area contributed by atoms with E-state index in [1.54, 1.807) is 12.3 Å². The number of carbonyl (C=O) groups is 1. The van der Waals surface area contributed by atoms with Crippen LogP contribution in [0.4, 0.5) is 10.1 Å². The molecule has 0 aliphatic rings. The van der Waals surface area contributed by atoms with Gasteiger partial charge in [0.15, 0.2) is 0 Å². The first-order valence-corrected chi connectivity index (χ1v) is 7.84. The number of hydrogen-bond donors (Lipinski definition) is 3. The summed E-state index contributed by atoms with van der Waals surface area (Å²) in [5.41, 5.74) is 6.19. The molecule has 1 aromatic heterocycles. The zero-order valence-electron chi connectivity index (χ0n) is 12.3. The first-order chi connectivity index (χ1) is 11.0. The largest absolute Gasteiger partial charge is 0.396 e. The number of hydrogen-bond acceptors (Lipinski definition) is 4. The van der Waals surface area contributed by atoms with Gasteiger partial charge in [0.2, 0.25) is 0 Å². The molecule has 1 unspecified atom stereocenters. The Morgan fingerprint density at radius 2 is 2.22 bits per heavy atom. The van der Waals surface area contributed by atoms with Gasteiger partial charge in [-0.05, 0) is 30.7 Å². The molecule has 0 aliphatic carbocycles. The van der Waals surface area contributed by atoms with E-state index in [1.807, 2.05) is 18.2 Å². The van der Waals surface area contributed by atoms with Crippen molar-refractivity contribution >= 4 is 27.5 Å². The van der Waals surface area contributed by atoms with Gasteiger partial charge in [0, 0.05) is 35.4 Å². The van der Waals surface area contributed by atoms with Gasteiger partial charge in [-0.3, -0.25) is 9.78 Å². The predicted molar refractivity (Wildman–Crippen MR) is 89.6 cm³/mol. The van der Waals surface area contributed by atoms with Crippen LogP contribution in [0.25, 0.3) is 0 Å². The summed E-state index contributed by atoms with van der Waals surface area (Å²) in [6, 6.07) is 8.33. The third-order valence-corrected chi connectivity index (χ3v) is 3.82. The van der Waals surface area contributed by atoms with Crippen molar-refractivity contribution in [2.24, 2.45) is 11.7 Å². The Hall–Kier alpha value is -1.99. The lowest BCUT2D eigenvalue weighted by Gasteiger charge is -2.17. The third kappa shape index (κ3) is 4.74. The van der Waals surface area contributed by atoms with E-state index >= 15 is 0 Å². The summed E-state index contributed by atoms with van der Waals surface area (Å²) in [6.07, 6.45) is 2.25. The van der Waals surface area contributed by atoms with E-state index in [-0.39, 0.29) is 18.1 Å². The van der Waals surface area contributed by atoms with Crippen LogP contribution >= 0.6 is 15.9 Å². The molecule has 0 saturated heterocycles. The Labute approximate surface area is 141 Å². The SMILES string of the molecule is NC(=O)c1c(F)cc(Br)cc1NCC(CO)Cc1ccccn1. The van der Waals surface area contributed by atoms with E-state index in [1.165, 1.54) is 6.07 Å². The second-order valence-corrected chi connectivity index (χ2v) is 6.04. The number of amides is 1. The minimum Gasteiger partial charge on any atom is -0.396 e. The molecule has 23 heavy (non-hydrogen) atoms. The van der Waals surface area contributed by atoms with Crippen molar-refractivity contribution in [1.82, 2.24) is 4.98 Å². The quantitative estimate of drug-likeness (QED) is 0.686. The smallest absolute Gasteiger partial charge is 0.253 e. The molecule has 122 valence electrons. The van der Waals surface area contributed by atoms with Crippen LogP contribution in [0.5, 0.6) is 0 Å². The minimum atomic E-state index is -0.845. The summed E-state index contributed by atoms with van der Waals surface area (Å²) in [4.78, 5) is 15.6. The highest BCUT2D eigenvalue weighted by atomic mass is 79.9. The molecule has 7 heteroatoms. The number of pyridine rings is 1. The predicted octanol–water partition coefficient (Wildman–Crippen LogP) is 2.35. The summed E-state index contributed by atoms with van der Waals surface area (Å²) in [7, 11) is 0. The fourth-order valence-electron chi connectivity index (χ4n) is 2.23. The van der Waals surface area contributed by atoms with E-state index in [4.69, 9.17) is 5.73 Å². The lowest BCUT2D eigenvalue weighted by Crippen LogP contribution is -2.23. The fourth-order valence-corrected chi connectivity index (χ4v) is 2.66. The van der Waals surface area contributed by atoms with Crippen LogP contribution in [0.15, 0.2) is 41.0 Å². The van der Waals surface area contributed by atoms with E-state index in [0.29, 0.717) is 23.1 Å². The number of nitrogens with zero attached hydrogens (tertiary/aromatic N) is 1. The number of rotatable bonds is 7. The van der Waals surface area contributed by atoms with Crippen LogP contribution in [0.2, 0.25) is 0 Å². The Kier molecular flexibility index (Phi) is 6.06. The lowest BCUT2D eigenvalue weighted by atomic mass is 10.0. The highest BCUT2D eigenvalue weighted by Crippen LogP contribution is 2.25. The molecule has 0 saturated carbocycles. The van der Waals surface area contributed by atoms with Gasteiger partial charge < -0.3 is 16.2 Å². The van der Waals surface area contributed by atoms with Crippen LogP contribution in [-0.4, -0.2) is 29.1 Å².